The third kappa shape index (κ3) is 7.44. The Labute approximate surface area is 190 Å². The first-order valence-electron chi connectivity index (χ1n) is 8.66. The van der Waals surface area contributed by atoms with Gasteiger partial charge in [-0.15, -0.1) is 24.0 Å². The fraction of sp³-hybridized carbons (Fsp3) is 0.368. The smallest absolute Gasteiger partial charge is 0.246 e. The van der Waals surface area contributed by atoms with Gasteiger partial charge in [0.25, 0.3) is 0 Å². The molecule has 0 aliphatic heterocycles. The van der Waals surface area contributed by atoms with Crippen LogP contribution in [0.5, 0.6) is 0 Å². The molecule has 0 fully saturated rings. The lowest BCUT2D eigenvalue weighted by molar-refractivity contribution is -0.114. The van der Waals surface area contributed by atoms with Crippen LogP contribution in [0.3, 0.4) is 0 Å². The van der Waals surface area contributed by atoms with E-state index in [9.17, 15) is 9.90 Å². The zero-order valence-corrected chi connectivity index (χ0v) is 20.0. The summed E-state index contributed by atoms with van der Waals surface area (Å²) in [6.07, 6.45) is 1.51. The highest BCUT2D eigenvalue weighted by atomic mass is 127. The standard InChI is InChI=1S/C19H25BrN4O3.HI/c1-4-21-18(23-12-19(3,26)16-6-5-9-27-16)22-11-17(25)24-15-10-14(20)8-7-13(15)2;/h5-10,26H,4,11-12H2,1-3H3,(H,24,25)(H2,21,22,23);1H. The van der Waals surface area contributed by atoms with Crippen LogP contribution < -0.4 is 16.0 Å². The normalized spacial score (nSPS) is 13.2. The number of aliphatic imine (C=N–C) groups is 1. The van der Waals surface area contributed by atoms with Crippen molar-refractivity contribution >= 4 is 57.5 Å². The van der Waals surface area contributed by atoms with Crippen molar-refractivity contribution in [3.8, 4) is 0 Å². The monoisotopic (exact) mass is 564 g/mol. The molecule has 1 unspecified atom stereocenters. The van der Waals surface area contributed by atoms with Crippen molar-refractivity contribution < 1.29 is 14.3 Å². The van der Waals surface area contributed by atoms with Crippen molar-refractivity contribution in [3.63, 3.8) is 0 Å². The van der Waals surface area contributed by atoms with E-state index in [4.69, 9.17) is 4.42 Å². The average Bonchev–Trinajstić information content (AvgIpc) is 3.16. The van der Waals surface area contributed by atoms with E-state index < -0.39 is 5.60 Å². The van der Waals surface area contributed by atoms with E-state index in [0.29, 0.717) is 18.3 Å². The Morgan fingerprint density at radius 1 is 1.32 bits per heavy atom. The summed E-state index contributed by atoms with van der Waals surface area (Å²) in [7, 11) is 0. The number of anilines is 1. The van der Waals surface area contributed by atoms with Crippen LogP contribution in [0.1, 0.15) is 25.2 Å². The Balaban J connectivity index is 0.00000392. The number of aryl methyl sites for hydroxylation is 1. The van der Waals surface area contributed by atoms with Crippen LogP contribution in [-0.4, -0.2) is 36.6 Å². The number of guanidine groups is 1. The molecule has 0 aliphatic carbocycles. The molecule has 2 rings (SSSR count). The molecule has 1 amide bonds. The van der Waals surface area contributed by atoms with Crippen molar-refractivity contribution in [3.05, 3.63) is 52.4 Å². The number of amides is 1. The lowest BCUT2D eigenvalue weighted by Crippen LogP contribution is -2.44. The minimum absolute atomic E-state index is 0. The van der Waals surface area contributed by atoms with Crippen molar-refractivity contribution in [2.45, 2.75) is 26.4 Å². The fourth-order valence-electron chi connectivity index (χ4n) is 2.34. The maximum Gasteiger partial charge on any atom is 0.246 e. The van der Waals surface area contributed by atoms with Gasteiger partial charge in [0.05, 0.1) is 12.8 Å². The topological polar surface area (TPSA) is 98.9 Å². The molecule has 2 aromatic rings. The number of hydrogen-bond donors (Lipinski definition) is 4. The van der Waals surface area contributed by atoms with Crippen LogP contribution in [0.4, 0.5) is 5.69 Å². The molecule has 0 radical (unpaired) electrons. The zero-order valence-electron chi connectivity index (χ0n) is 16.1. The van der Waals surface area contributed by atoms with E-state index in [2.05, 4.69) is 36.9 Å². The molecule has 1 aromatic heterocycles. The average molecular weight is 565 g/mol. The first-order chi connectivity index (χ1) is 12.8. The third-order valence-corrected chi connectivity index (χ3v) is 4.34. The highest BCUT2D eigenvalue weighted by molar-refractivity contribution is 14.0. The van der Waals surface area contributed by atoms with Gasteiger partial charge in [0.2, 0.25) is 5.91 Å². The predicted molar refractivity (Wildman–Crippen MR) is 125 cm³/mol. The van der Waals surface area contributed by atoms with Crippen LogP contribution >= 0.6 is 39.9 Å². The molecular weight excluding hydrogens is 539 g/mol. The molecule has 0 spiro atoms. The van der Waals surface area contributed by atoms with Crippen molar-refractivity contribution in [2.75, 3.05) is 25.0 Å². The minimum atomic E-state index is -1.20. The molecule has 1 atom stereocenters. The van der Waals surface area contributed by atoms with Crippen LogP contribution in [0.15, 0.2) is 50.5 Å². The fourth-order valence-corrected chi connectivity index (χ4v) is 2.70. The van der Waals surface area contributed by atoms with Crippen LogP contribution in [-0.2, 0) is 10.4 Å². The number of nitrogens with one attached hydrogen (secondary N) is 3. The molecule has 154 valence electrons. The van der Waals surface area contributed by atoms with Gasteiger partial charge in [-0.2, -0.15) is 0 Å². The molecule has 0 aliphatic rings. The molecule has 1 aromatic carbocycles. The third-order valence-electron chi connectivity index (χ3n) is 3.85. The van der Waals surface area contributed by atoms with E-state index in [1.165, 1.54) is 6.26 Å². The summed E-state index contributed by atoms with van der Waals surface area (Å²) in [4.78, 5) is 16.5. The van der Waals surface area contributed by atoms with Gasteiger partial charge in [-0.05, 0) is 50.6 Å². The van der Waals surface area contributed by atoms with Crippen LogP contribution in [0.25, 0.3) is 0 Å². The maximum absolute atomic E-state index is 12.2. The molecule has 28 heavy (non-hydrogen) atoms. The molecule has 9 heteroatoms. The summed E-state index contributed by atoms with van der Waals surface area (Å²) in [6.45, 7) is 6.25. The molecule has 4 N–H and O–H groups in total. The van der Waals surface area contributed by atoms with Gasteiger partial charge in [-0.1, -0.05) is 22.0 Å². The summed E-state index contributed by atoms with van der Waals surface area (Å²) in [6, 6.07) is 9.12. The largest absolute Gasteiger partial charge is 0.466 e. The number of furan rings is 1. The van der Waals surface area contributed by atoms with E-state index in [1.54, 1.807) is 19.1 Å². The molecule has 1 heterocycles. The van der Waals surface area contributed by atoms with Gasteiger partial charge in [0.1, 0.15) is 17.9 Å². The first kappa shape index (κ1) is 24.4. The SMILES string of the molecule is CCNC(=NCC(=O)Nc1cc(Br)ccc1C)NCC(C)(O)c1ccco1.I. The lowest BCUT2D eigenvalue weighted by atomic mass is 10.0. The second-order valence-electron chi connectivity index (χ2n) is 6.31. The second-order valence-corrected chi connectivity index (χ2v) is 7.22. The summed E-state index contributed by atoms with van der Waals surface area (Å²) in [5.41, 5.74) is 0.508. The number of aliphatic hydroxyl groups is 1. The molecule has 0 saturated heterocycles. The summed E-state index contributed by atoms with van der Waals surface area (Å²) >= 11 is 3.39. The van der Waals surface area contributed by atoms with Gasteiger partial charge in [-0.3, -0.25) is 4.79 Å². The van der Waals surface area contributed by atoms with Crippen LogP contribution in [0.2, 0.25) is 0 Å². The number of nitrogens with zero attached hydrogens (tertiary/aromatic N) is 1. The number of rotatable bonds is 7. The molecule has 0 bridgehead atoms. The van der Waals surface area contributed by atoms with Gasteiger partial charge < -0.3 is 25.5 Å². The van der Waals surface area contributed by atoms with Gasteiger partial charge in [0, 0.05) is 16.7 Å². The summed E-state index contributed by atoms with van der Waals surface area (Å²) in [5, 5.41) is 19.4. The van der Waals surface area contributed by atoms with Gasteiger partial charge in [0.15, 0.2) is 5.96 Å². The molecular formula is C19H26BrIN4O3. The Bertz CT molecular complexity index is 794. The highest BCUT2D eigenvalue weighted by Crippen LogP contribution is 2.21. The minimum Gasteiger partial charge on any atom is -0.466 e. The Morgan fingerprint density at radius 2 is 2.07 bits per heavy atom. The van der Waals surface area contributed by atoms with E-state index in [1.807, 2.05) is 32.0 Å². The molecule has 7 nitrogen and oxygen atoms in total. The van der Waals surface area contributed by atoms with Crippen molar-refractivity contribution in [1.29, 1.82) is 0 Å². The highest BCUT2D eigenvalue weighted by Gasteiger charge is 2.26. The van der Waals surface area contributed by atoms with Crippen LogP contribution in [0, 0.1) is 6.92 Å². The number of benzene rings is 1. The number of halogens is 2. The maximum atomic E-state index is 12.2. The van der Waals surface area contributed by atoms with E-state index >= 15 is 0 Å². The van der Waals surface area contributed by atoms with Gasteiger partial charge >= 0.3 is 0 Å². The van der Waals surface area contributed by atoms with Crippen molar-refractivity contribution in [1.82, 2.24) is 10.6 Å². The first-order valence-corrected chi connectivity index (χ1v) is 9.45. The number of carbonyl (C=O) groups excluding carboxylic acids is 1. The molecule has 0 saturated carbocycles. The van der Waals surface area contributed by atoms with Crippen molar-refractivity contribution in [2.24, 2.45) is 4.99 Å². The Morgan fingerprint density at radius 3 is 2.71 bits per heavy atom. The summed E-state index contributed by atoms with van der Waals surface area (Å²) in [5.74, 6) is 0.658. The quantitative estimate of drug-likeness (QED) is 0.235. The second kappa shape index (κ2) is 11.4. The summed E-state index contributed by atoms with van der Waals surface area (Å²) < 4.78 is 6.15. The lowest BCUT2D eigenvalue weighted by Gasteiger charge is -2.22. The predicted octanol–water partition coefficient (Wildman–Crippen LogP) is 3.37. The zero-order chi connectivity index (χ0) is 19.9. The van der Waals surface area contributed by atoms with Gasteiger partial charge in [-0.25, -0.2) is 4.99 Å². The Kier molecular flexibility index (Phi) is 9.97. The van der Waals surface area contributed by atoms with E-state index in [-0.39, 0.29) is 43.0 Å². The van der Waals surface area contributed by atoms with E-state index in [0.717, 1.165) is 15.7 Å². The Hall–Kier alpha value is -1.59. The number of hydrogen-bond acceptors (Lipinski definition) is 4. The number of carbonyl (C=O) groups is 1.